The summed E-state index contributed by atoms with van der Waals surface area (Å²) in [7, 11) is 0. The van der Waals surface area contributed by atoms with Crippen LogP contribution in [-0.2, 0) is 0 Å². The number of ether oxygens (including phenoxy) is 1. The molecule has 0 spiro atoms. The van der Waals surface area contributed by atoms with Crippen LogP contribution >= 0.6 is 22.9 Å². The van der Waals surface area contributed by atoms with E-state index in [4.69, 9.17) is 22.1 Å². The number of nitrogen functional groups attached to an aromatic ring is 1. The highest BCUT2D eigenvalue weighted by Crippen LogP contribution is 2.37. The number of H-pyrrole nitrogens is 1. The smallest absolute Gasteiger partial charge is 0.265 e. The summed E-state index contributed by atoms with van der Waals surface area (Å²) in [5, 5.41) is 3.17. The van der Waals surface area contributed by atoms with E-state index in [1.165, 1.54) is 29.7 Å². The van der Waals surface area contributed by atoms with Crippen LogP contribution in [0.1, 0.15) is 33.1 Å². The average molecular weight is 502 g/mol. The molecule has 4 rings (SSSR count). The number of hydrogen-bond donors (Lipinski definition) is 2. The number of rotatable bonds is 6. The topological polar surface area (TPSA) is 91.4 Å². The fraction of sp³-hybridized carbons (Fsp3) is 0.125. The third-order valence-electron chi connectivity index (χ3n) is 4.94. The number of carbonyl (C=O) groups is 1. The maximum absolute atomic E-state index is 14.0. The van der Waals surface area contributed by atoms with Crippen LogP contribution in [0.3, 0.4) is 0 Å². The zero-order chi connectivity index (χ0) is 24.4. The number of thiophene rings is 1. The van der Waals surface area contributed by atoms with Crippen LogP contribution in [0.2, 0.25) is 5.02 Å². The largest absolute Gasteiger partial charge is 0.483 e. The van der Waals surface area contributed by atoms with Crippen molar-refractivity contribution in [1.82, 2.24) is 4.98 Å². The molecule has 174 valence electrons. The van der Waals surface area contributed by atoms with Gasteiger partial charge in [-0.15, -0.1) is 11.3 Å². The molecule has 0 radical (unpaired) electrons. The van der Waals surface area contributed by atoms with E-state index in [9.17, 15) is 13.6 Å². The quantitative estimate of drug-likeness (QED) is 0.325. The predicted molar refractivity (Wildman–Crippen MR) is 128 cm³/mol. The van der Waals surface area contributed by atoms with E-state index in [0.29, 0.717) is 38.1 Å². The first-order chi connectivity index (χ1) is 16.2. The van der Waals surface area contributed by atoms with Gasteiger partial charge >= 0.3 is 0 Å². The fourth-order valence-electron chi connectivity index (χ4n) is 3.37. The van der Waals surface area contributed by atoms with Gasteiger partial charge in [-0.05, 0) is 44.2 Å². The van der Waals surface area contributed by atoms with E-state index < -0.39 is 17.7 Å². The van der Waals surface area contributed by atoms with Crippen LogP contribution in [0.25, 0.3) is 11.3 Å². The Hall–Kier alpha value is -3.56. The lowest BCUT2D eigenvalue weighted by atomic mass is 10.1. The lowest BCUT2D eigenvalue weighted by Crippen LogP contribution is -2.11. The molecule has 0 bridgehead atoms. The van der Waals surface area contributed by atoms with Gasteiger partial charge in [0, 0.05) is 32.9 Å². The summed E-state index contributed by atoms with van der Waals surface area (Å²) in [6.07, 6.45) is 3.30. The minimum Gasteiger partial charge on any atom is -0.483 e. The molecule has 10 heteroatoms. The Balaban J connectivity index is 1.63. The number of nitrogens with zero attached hydrogens (tertiary/aromatic N) is 1. The number of nitrogens with one attached hydrogen (secondary N) is 2. The van der Waals surface area contributed by atoms with Crippen LogP contribution < -0.4 is 20.8 Å². The van der Waals surface area contributed by atoms with E-state index in [0.717, 1.165) is 11.1 Å². The standard InChI is InChI=1S/C24H19ClF2N4O2S/c1-12(14-3-16(26)10-29-9-14)33-21-6-17(27)11-30-23(21)20-8-22(34-13(20)2)24(32)31-19-5-15(25)4-18(28)7-19/h3-12H,28H2,1-2H3,(H,31,32)/p+1/t12-/m1/s1. The number of aryl methyl sites for hydroxylation is 1. The molecule has 1 atom stereocenters. The van der Waals surface area contributed by atoms with Gasteiger partial charge in [0.1, 0.15) is 23.4 Å². The van der Waals surface area contributed by atoms with Crippen LogP contribution in [0, 0.1) is 18.6 Å². The summed E-state index contributed by atoms with van der Waals surface area (Å²) in [6.45, 7) is 3.54. The maximum atomic E-state index is 14.0. The highest BCUT2D eigenvalue weighted by atomic mass is 35.5. The Kier molecular flexibility index (Phi) is 6.76. The van der Waals surface area contributed by atoms with Gasteiger partial charge in [-0.2, -0.15) is 0 Å². The first kappa shape index (κ1) is 23.6. The highest BCUT2D eigenvalue weighted by Gasteiger charge is 2.21. The van der Waals surface area contributed by atoms with E-state index in [1.54, 1.807) is 37.4 Å². The van der Waals surface area contributed by atoms with Crippen LogP contribution in [0.15, 0.2) is 55.0 Å². The SMILES string of the molecule is Cc1sc(C(=O)Nc2cc(N)cc(Cl)c2)cc1-c1ncc(F)cc1O[C@H](C)c1c[nH+]cc(F)c1. The molecule has 3 heterocycles. The number of aromatic amines is 1. The average Bonchev–Trinajstić information content (AvgIpc) is 3.15. The third-order valence-corrected chi connectivity index (χ3v) is 6.21. The number of amides is 1. The summed E-state index contributed by atoms with van der Waals surface area (Å²) < 4.78 is 33.6. The van der Waals surface area contributed by atoms with Crippen molar-refractivity contribution in [2.75, 3.05) is 11.1 Å². The van der Waals surface area contributed by atoms with Crippen molar-refractivity contribution in [1.29, 1.82) is 0 Å². The molecule has 4 N–H and O–H groups in total. The first-order valence-corrected chi connectivity index (χ1v) is 11.4. The van der Waals surface area contributed by atoms with Crippen molar-refractivity contribution >= 4 is 40.2 Å². The molecule has 0 unspecified atom stereocenters. The number of aromatic nitrogens is 2. The van der Waals surface area contributed by atoms with Crippen LogP contribution in [0.4, 0.5) is 20.2 Å². The molecule has 1 amide bonds. The van der Waals surface area contributed by atoms with Gasteiger partial charge in [0.2, 0.25) is 6.20 Å². The second kappa shape index (κ2) is 9.74. The first-order valence-electron chi connectivity index (χ1n) is 10.2. The Labute approximate surface area is 203 Å². The van der Waals surface area contributed by atoms with Gasteiger partial charge in [0.05, 0.1) is 16.6 Å². The number of halogens is 3. The van der Waals surface area contributed by atoms with E-state index >= 15 is 0 Å². The van der Waals surface area contributed by atoms with Gasteiger partial charge < -0.3 is 15.8 Å². The summed E-state index contributed by atoms with van der Waals surface area (Å²) in [5.74, 6) is -1.21. The normalized spacial score (nSPS) is 11.8. The van der Waals surface area contributed by atoms with Crippen LogP contribution in [-0.4, -0.2) is 10.9 Å². The zero-order valence-corrected chi connectivity index (χ0v) is 19.7. The number of nitrogens with two attached hydrogens (primary N) is 1. The molecule has 0 aliphatic carbocycles. The molecule has 4 aromatic rings. The zero-order valence-electron chi connectivity index (χ0n) is 18.2. The van der Waals surface area contributed by atoms with Crippen LogP contribution in [0.5, 0.6) is 5.75 Å². The van der Waals surface area contributed by atoms with E-state index in [-0.39, 0.29) is 11.7 Å². The Morgan fingerprint density at radius 3 is 2.71 bits per heavy atom. The van der Waals surface area contributed by atoms with E-state index in [1.807, 2.05) is 6.92 Å². The summed E-state index contributed by atoms with van der Waals surface area (Å²) in [5.41, 5.74) is 8.21. The molecule has 34 heavy (non-hydrogen) atoms. The van der Waals surface area contributed by atoms with E-state index in [2.05, 4.69) is 15.3 Å². The number of anilines is 2. The lowest BCUT2D eigenvalue weighted by Gasteiger charge is -2.16. The monoisotopic (exact) mass is 501 g/mol. The Morgan fingerprint density at radius 2 is 1.97 bits per heavy atom. The van der Waals surface area contributed by atoms with Crippen molar-refractivity contribution in [3.8, 4) is 17.0 Å². The molecule has 6 nitrogen and oxygen atoms in total. The fourth-order valence-corrected chi connectivity index (χ4v) is 4.53. The lowest BCUT2D eigenvalue weighted by molar-refractivity contribution is -0.382. The van der Waals surface area contributed by atoms with Gasteiger partial charge in [0.15, 0.2) is 12.0 Å². The summed E-state index contributed by atoms with van der Waals surface area (Å²) >= 11 is 7.26. The molecule has 3 aromatic heterocycles. The van der Waals surface area contributed by atoms with Crippen molar-refractivity contribution in [3.05, 3.63) is 87.0 Å². The van der Waals surface area contributed by atoms with Gasteiger partial charge in [-0.25, -0.2) is 18.7 Å². The number of pyridine rings is 2. The molecule has 0 aliphatic rings. The second-order valence-electron chi connectivity index (χ2n) is 7.55. The minimum atomic E-state index is -0.593. The van der Waals surface area contributed by atoms with Crippen molar-refractivity contribution < 1.29 is 23.3 Å². The van der Waals surface area contributed by atoms with Gasteiger partial charge in [0.25, 0.3) is 5.91 Å². The van der Waals surface area contributed by atoms with Crippen molar-refractivity contribution in [2.45, 2.75) is 20.0 Å². The summed E-state index contributed by atoms with van der Waals surface area (Å²) in [4.78, 5) is 20.9. The van der Waals surface area contributed by atoms with Crippen molar-refractivity contribution in [2.24, 2.45) is 0 Å². The number of carbonyl (C=O) groups excluding carboxylic acids is 1. The summed E-state index contributed by atoms with van der Waals surface area (Å²) in [6, 6.07) is 8.98. The molecule has 0 saturated heterocycles. The number of benzene rings is 1. The molecule has 0 fully saturated rings. The van der Waals surface area contributed by atoms with Gasteiger partial charge in [-0.1, -0.05) is 11.6 Å². The second-order valence-corrected chi connectivity index (χ2v) is 9.25. The molecule has 0 saturated carbocycles. The van der Waals surface area contributed by atoms with Gasteiger partial charge in [-0.3, -0.25) is 4.79 Å². The predicted octanol–water partition coefficient (Wildman–Crippen LogP) is 5.84. The maximum Gasteiger partial charge on any atom is 0.265 e. The molecular formula is C24H20ClF2N4O2S+. The molecule has 0 aliphatic heterocycles. The highest BCUT2D eigenvalue weighted by molar-refractivity contribution is 7.14. The Bertz CT molecular complexity index is 1360. The molecule has 1 aromatic carbocycles. The van der Waals surface area contributed by atoms with Crippen molar-refractivity contribution in [3.63, 3.8) is 0 Å². The minimum absolute atomic E-state index is 0.173. The molecular weight excluding hydrogens is 482 g/mol. The third kappa shape index (κ3) is 5.32. The number of hydrogen-bond acceptors (Lipinski definition) is 5. The Morgan fingerprint density at radius 1 is 1.18 bits per heavy atom.